The third kappa shape index (κ3) is 4.94. The van der Waals surface area contributed by atoms with Gasteiger partial charge in [0.2, 0.25) is 0 Å². The fraction of sp³-hybridized carbons (Fsp3) is 0.462. The molecule has 1 aromatic carbocycles. The second-order valence-corrected chi connectivity index (χ2v) is 3.79. The number of carbonyl (C=O) groups is 1. The van der Waals surface area contributed by atoms with Crippen molar-refractivity contribution in [2.24, 2.45) is 5.73 Å². The summed E-state index contributed by atoms with van der Waals surface area (Å²) in [7, 11) is 0. The third-order valence-corrected chi connectivity index (χ3v) is 2.38. The average Bonchev–Trinajstić information content (AvgIpc) is 2.28. The van der Waals surface area contributed by atoms with Gasteiger partial charge >= 0.3 is 5.97 Å². The van der Waals surface area contributed by atoms with Crippen LogP contribution in [0.3, 0.4) is 0 Å². The summed E-state index contributed by atoms with van der Waals surface area (Å²) in [4.78, 5) is 11.2. The van der Waals surface area contributed by atoms with E-state index in [2.05, 4.69) is 12.1 Å². The molecule has 0 aliphatic carbocycles. The smallest absolute Gasteiger partial charge is 0.307 e. The van der Waals surface area contributed by atoms with Crippen molar-refractivity contribution in [3.05, 3.63) is 35.9 Å². The summed E-state index contributed by atoms with van der Waals surface area (Å²) in [5.74, 6) is -0.205. The molecule has 0 radical (unpaired) electrons. The highest BCUT2D eigenvalue weighted by atomic mass is 16.5. The molecule has 3 heteroatoms. The number of carbonyl (C=O) groups excluding carboxylic acids is 1. The summed E-state index contributed by atoms with van der Waals surface area (Å²) in [6.07, 6.45) is 2.02. The molecule has 0 unspecified atom stereocenters. The maximum absolute atomic E-state index is 11.2. The number of nitrogens with two attached hydrogens (primary N) is 1. The van der Waals surface area contributed by atoms with E-state index in [4.69, 9.17) is 10.5 Å². The topological polar surface area (TPSA) is 52.3 Å². The van der Waals surface area contributed by atoms with Crippen molar-refractivity contribution < 1.29 is 9.53 Å². The minimum Gasteiger partial charge on any atom is -0.466 e. The number of hydrogen-bond acceptors (Lipinski definition) is 3. The second kappa shape index (κ2) is 7.01. The molecular weight excluding hydrogens is 202 g/mol. The van der Waals surface area contributed by atoms with Crippen molar-refractivity contribution in [2.75, 3.05) is 6.61 Å². The van der Waals surface area contributed by atoms with Crippen molar-refractivity contribution in [3.8, 4) is 0 Å². The van der Waals surface area contributed by atoms with Crippen molar-refractivity contribution in [1.82, 2.24) is 0 Å². The van der Waals surface area contributed by atoms with E-state index < -0.39 is 0 Å². The third-order valence-electron chi connectivity index (χ3n) is 2.38. The van der Waals surface area contributed by atoms with Crippen molar-refractivity contribution in [1.29, 1.82) is 0 Å². The molecule has 88 valence electrons. The lowest BCUT2D eigenvalue weighted by Gasteiger charge is -2.10. The number of aryl methyl sites for hydroxylation is 1. The van der Waals surface area contributed by atoms with E-state index in [1.807, 2.05) is 18.2 Å². The Bertz CT molecular complexity index is 311. The van der Waals surface area contributed by atoms with E-state index in [0.29, 0.717) is 13.0 Å². The van der Waals surface area contributed by atoms with Crippen LogP contribution < -0.4 is 5.73 Å². The molecule has 0 spiro atoms. The second-order valence-electron chi connectivity index (χ2n) is 3.79. The maximum Gasteiger partial charge on any atom is 0.307 e. The van der Waals surface area contributed by atoms with Crippen LogP contribution in [0.1, 0.15) is 25.3 Å². The van der Waals surface area contributed by atoms with E-state index in [9.17, 15) is 4.79 Å². The SMILES string of the molecule is CCOC(=O)C[C@H](N)CCc1ccccc1. The monoisotopic (exact) mass is 221 g/mol. The van der Waals surface area contributed by atoms with Gasteiger partial charge in [0.15, 0.2) is 0 Å². The van der Waals surface area contributed by atoms with Crippen LogP contribution in [0.2, 0.25) is 0 Å². The molecule has 16 heavy (non-hydrogen) atoms. The van der Waals surface area contributed by atoms with Crippen LogP contribution in [-0.4, -0.2) is 18.6 Å². The van der Waals surface area contributed by atoms with Crippen LogP contribution in [0.15, 0.2) is 30.3 Å². The summed E-state index contributed by atoms with van der Waals surface area (Å²) in [5.41, 5.74) is 7.10. The van der Waals surface area contributed by atoms with E-state index in [0.717, 1.165) is 12.8 Å². The minimum atomic E-state index is -0.205. The van der Waals surface area contributed by atoms with Gasteiger partial charge in [-0.1, -0.05) is 30.3 Å². The highest BCUT2D eigenvalue weighted by Gasteiger charge is 2.09. The Morgan fingerprint density at radius 1 is 1.38 bits per heavy atom. The summed E-state index contributed by atoms with van der Waals surface area (Å²) in [6, 6.07) is 10.0. The number of benzene rings is 1. The first-order valence-corrected chi connectivity index (χ1v) is 5.67. The van der Waals surface area contributed by atoms with Gasteiger partial charge in [0.05, 0.1) is 13.0 Å². The minimum absolute atomic E-state index is 0.112. The van der Waals surface area contributed by atoms with E-state index >= 15 is 0 Å². The molecular formula is C13H19NO2. The molecule has 0 aromatic heterocycles. The normalized spacial score (nSPS) is 12.1. The molecule has 0 aliphatic heterocycles. The number of ether oxygens (including phenoxy) is 1. The molecule has 3 nitrogen and oxygen atoms in total. The first-order valence-electron chi connectivity index (χ1n) is 5.67. The first kappa shape index (κ1) is 12.7. The standard InChI is InChI=1S/C13H19NO2/c1-2-16-13(15)10-12(14)9-8-11-6-4-3-5-7-11/h3-7,12H,2,8-10,14H2,1H3/t12-/m1/s1. The summed E-state index contributed by atoms with van der Waals surface area (Å²) >= 11 is 0. The fourth-order valence-electron chi connectivity index (χ4n) is 1.53. The molecule has 0 saturated heterocycles. The average molecular weight is 221 g/mol. The van der Waals surface area contributed by atoms with Crippen LogP contribution in [0.4, 0.5) is 0 Å². The number of esters is 1. The molecule has 0 aliphatic rings. The van der Waals surface area contributed by atoms with Gasteiger partial charge in [-0.05, 0) is 25.3 Å². The van der Waals surface area contributed by atoms with Gasteiger partial charge < -0.3 is 10.5 Å². The molecule has 1 atom stereocenters. The van der Waals surface area contributed by atoms with Gasteiger partial charge in [0.25, 0.3) is 0 Å². The van der Waals surface area contributed by atoms with Crippen LogP contribution in [0.5, 0.6) is 0 Å². The Kier molecular flexibility index (Phi) is 5.57. The number of rotatable bonds is 6. The van der Waals surface area contributed by atoms with Crippen molar-refractivity contribution in [2.45, 2.75) is 32.2 Å². The van der Waals surface area contributed by atoms with Crippen molar-refractivity contribution in [3.63, 3.8) is 0 Å². The predicted octanol–water partition coefficient (Wildman–Crippen LogP) is 1.90. The Labute approximate surface area is 96.6 Å². The van der Waals surface area contributed by atoms with Gasteiger partial charge in [-0.3, -0.25) is 4.79 Å². The molecule has 0 fully saturated rings. The van der Waals surface area contributed by atoms with Crippen LogP contribution in [-0.2, 0) is 16.0 Å². The van der Waals surface area contributed by atoms with Crippen LogP contribution >= 0.6 is 0 Å². The van der Waals surface area contributed by atoms with Crippen LogP contribution in [0, 0.1) is 0 Å². The lowest BCUT2D eigenvalue weighted by atomic mass is 10.0. The highest BCUT2D eigenvalue weighted by molar-refractivity contribution is 5.70. The van der Waals surface area contributed by atoms with E-state index in [1.54, 1.807) is 6.92 Å². The zero-order valence-corrected chi connectivity index (χ0v) is 9.69. The predicted molar refractivity (Wildman–Crippen MR) is 64.0 cm³/mol. The Hall–Kier alpha value is -1.35. The fourth-order valence-corrected chi connectivity index (χ4v) is 1.53. The molecule has 0 amide bonds. The molecule has 1 aromatic rings. The Morgan fingerprint density at radius 3 is 2.69 bits per heavy atom. The van der Waals surface area contributed by atoms with Gasteiger partial charge in [-0.25, -0.2) is 0 Å². The lowest BCUT2D eigenvalue weighted by Crippen LogP contribution is -2.25. The molecule has 0 bridgehead atoms. The maximum atomic E-state index is 11.2. The van der Waals surface area contributed by atoms with Gasteiger partial charge in [0, 0.05) is 6.04 Å². The summed E-state index contributed by atoms with van der Waals surface area (Å²) in [5, 5.41) is 0. The largest absolute Gasteiger partial charge is 0.466 e. The quantitative estimate of drug-likeness (QED) is 0.746. The Balaban J connectivity index is 2.25. The number of hydrogen-bond donors (Lipinski definition) is 1. The molecule has 2 N–H and O–H groups in total. The molecule has 1 rings (SSSR count). The highest BCUT2D eigenvalue weighted by Crippen LogP contribution is 2.06. The van der Waals surface area contributed by atoms with Crippen LogP contribution in [0.25, 0.3) is 0 Å². The summed E-state index contributed by atoms with van der Waals surface area (Å²) in [6.45, 7) is 2.22. The van der Waals surface area contributed by atoms with Gasteiger partial charge in [-0.2, -0.15) is 0 Å². The molecule has 0 heterocycles. The van der Waals surface area contributed by atoms with Gasteiger partial charge in [-0.15, -0.1) is 0 Å². The Morgan fingerprint density at radius 2 is 2.06 bits per heavy atom. The first-order chi connectivity index (χ1) is 7.72. The van der Waals surface area contributed by atoms with E-state index in [1.165, 1.54) is 5.56 Å². The lowest BCUT2D eigenvalue weighted by molar-refractivity contribution is -0.143. The molecule has 0 saturated carbocycles. The van der Waals surface area contributed by atoms with Gasteiger partial charge in [0.1, 0.15) is 0 Å². The van der Waals surface area contributed by atoms with E-state index in [-0.39, 0.29) is 12.0 Å². The van der Waals surface area contributed by atoms with Crippen molar-refractivity contribution >= 4 is 5.97 Å². The summed E-state index contributed by atoms with van der Waals surface area (Å²) < 4.78 is 4.85. The zero-order valence-electron chi connectivity index (χ0n) is 9.69. The zero-order chi connectivity index (χ0) is 11.8.